The van der Waals surface area contributed by atoms with E-state index in [-0.39, 0.29) is 17.2 Å². The summed E-state index contributed by atoms with van der Waals surface area (Å²) < 4.78 is 12.9. The minimum Gasteiger partial charge on any atom is -0.494 e. The van der Waals surface area contributed by atoms with Gasteiger partial charge in [0.2, 0.25) is 5.88 Å². The molecule has 3 nitrogen and oxygen atoms in total. The first-order valence-electron chi connectivity index (χ1n) is 4.10. The number of halogens is 1. The van der Waals surface area contributed by atoms with Gasteiger partial charge in [-0.15, -0.1) is 0 Å². The third-order valence-corrected chi connectivity index (χ3v) is 2.09. The number of benzene rings is 1. The van der Waals surface area contributed by atoms with Crippen molar-refractivity contribution in [3.8, 4) is 5.88 Å². The topological polar surface area (TPSA) is 53.1 Å². The molecule has 0 amide bonds. The number of fused-ring (bicyclic) bond motifs is 1. The second kappa shape index (κ2) is 2.83. The lowest BCUT2D eigenvalue weighted by Crippen LogP contribution is -1.90. The molecule has 0 unspecified atom stereocenters. The Morgan fingerprint density at radius 3 is 2.86 bits per heavy atom. The van der Waals surface area contributed by atoms with Crippen LogP contribution in [0, 0.1) is 5.82 Å². The van der Waals surface area contributed by atoms with Gasteiger partial charge in [-0.05, 0) is 25.1 Å². The van der Waals surface area contributed by atoms with Crippen LogP contribution in [0.25, 0.3) is 10.9 Å². The second-order valence-electron chi connectivity index (χ2n) is 3.09. The molecule has 2 aromatic rings. The van der Waals surface area contributed by atoms with Crippen molar-refractivity contribution in [1.29, 1.82) is 0 Å². The number of Topliss-reactive ketones (excluding diaryl/α,β-unsaturated/α-hetero) is 1. The van der Waals surface area contributed by atoms with Crippen molar-refractivity contribution in [3.05, 3.63) is 29.6 Å². The van der Waals surface area contributed by atoms with Crippen molar-refractivity contribution < 1.29 is 14.3 Å². The number of hydrogen-bond donors (Lipinski definition) is 2. The van der Waals surface area contributed by atoms with E-state index in [9.17, 15) is 14.3 Å². The molecule has 4 heteroatoms. The Morgan fingerprint density at radius 2 is 2.21 bits per heavy atom. The molecule has 0 spiro atoms. The monoisotopic (exact) mass is 193 g/mol. The third-order valence-electron chi connectivity index (χ3n) is 2.09. The lowest BCUT2D eigenvalue weighted by atomic mass is 10.1. The Hall–Kier alpha value is -1.84. The number of carbonyl (C=O) groups excluding carboxylic acids is 1. The molecule has 1 aromatic heterocycles. The first-order valence-corrected chi connectivity index (χ1v) is 4.10. The Kier molecular flexibility index (Phi) is 1.77. The number of H-pyrrole nitrogens is 1. The number of ketones is 1. The summed E-state index contributed by atoms with van der Waals surface area (Å²) in [7, 11) is 0. The normalized spacial score (nSPS) is 10.7. The molecule has 0 atom stereocenters. The average Bonchev–Trinajstić information content (AvgIpc) is 2.40. The Morgan fingerprint density at radius 1 is 1.50 bits per heavy atom. The van der Waals surface area contributed by atoms with Crippen molar-refractivity contribution in [2.45, 2.75) is 6.92 Å². The number of nitrogens with one attached hydrogen (secondary N) is 1. The van der Waals surface area contributed by atoms with E-state index in [1.54, 1.807) is 0 Å². The van der Waals surface area contributed by atoms with Crippen molar-refractivity contribution in [2.24, 2.45) is 0 Å². The summed E-state index contributed by atoms with van der Waals surface area (Å²) in [5.41, 5.74) is 0.689. The Balaban J connectivity index is 2.86. The number of rotatable bonds is 1. The van der Waals surface area contributed by atoms with Crippen molar-refractivity contribution in [2.75, 3.05) is 0 Å². The second-order valence-corrected chi connectivity index (χ2v) is 3.09. The molecule has 0 aliphatic carbocycles. The molecular weight excluding hydrogens is 185 g/mol. The highest BCUT2D eigenvalue weighted by atomic mass is 19.1. The summed E-state index contributed by atoms with van der Waals surface area (Å²) in [5.74, 6) is -0.934. The molecule has 0 radical (unpaired) electrons. The minimum atomic E-state index is -0.431. The van der Waals surface area contributed by atoms with E-state index < -0.39 is 5.82 Å². The van der Waals surface area contributed by atoms with Gasteiger partial charge in [0.1, 0.15) is 5.82 Å². The average molecular weight is 193 g/mol. The molecule has 1 aromatic carbocycles. The van der Waals surface area contributed by atoms with Crippen LogP contribution in [0.3, 0.4) is 0 Å². The summed E-state index contributed by atoms with van der Waals surface area (Å²) >= 11 is 0. The maximum Gasteiger partial charge on any atom is 0.200 e. The molecule has 2 N–H and O–H groups in total. The van der Waals surface area contributed by atoms with Gasteiger partial charge in [0.15, 0.2) is 5.78 Å². The maximum absolute atomic E-state index is 12.9. The molecule has 2 rings (SSSR count). The SMILES string of the molecule is CC(=O)c1c(O)[nH]c2ccc(F)cc12. The fourth-order valence-corrected chi connectivity index (χ4v) is 1.51. The van der Waals surface area contributed by atoms with Gasteiger partial charge in [-0.25, -0.2) is 4.39 Å². The van der Waals surface area contributed by atoms with Gasteiger partial charge in [0.25, 0.3) is 0 Å². The Bertz CT molecular complexity index is 516. The molecule has 0 aliphatic rings. The molecule has 0 fully saturated rings. The molecule has 14 heavy (non-hydrogen) atoms. The highest BCUT2D eigenvalue weighted by Gasteiger charge is 2.14. The lowest BCUT2D eigenvalue weighted by molar-refractivity contribution is 0.101. The fourth-order valence-electron chi connectivity index (χ4n) is 1.51. The van der Waals surface area contributed by atoms with Crippen LogP contribution in [0.4, 0.5) is 4.39 Å². The van der Waals surface area contributed by atoms with Crippen LogP contribution in [-0.4, -0.2) is 15.9 Å². The number of aromatic amines is 1. The van der Waals surface area contributed by atoms with E-state index in [2.05, 4.69) is 4.98 Å². The number of carbonyl (C=O) groups is 1. The predicted octanol–water partition coefficient (Wildman–Crippen LogP) is 2.22. The Labute approximate surface area is 79.2 Å². The number of aromatic nitrogens is 1. The van der Waals surface area contributed by atoms with E-state index >= 15 is 0 Å². The van der Waals surface area contributed by atoms with Gasteiger partial charge in [-0.1, -0.05) is 0 Å². The molecule has 0 bridgehead atoms. The van der Waals surface area contributed by atoms with E-state index in [1.165, 1.54) is 25.1 Å². The van der Waals surface area contributed by atoms with Crippen LogP contribution in [0.1, 0.15) is 17.3 Å². The first kappa shape index (κ1) is 8.74. The maximum atomic E-state index is 12.9. The van der Waals surface area contributed by atoms with Crippen LogP contribution in [0.2, 0.25) is 0 Å². The summed E-state index contributed by atoms with van der Waals surface area (Å²) in [6.45, 7) is 1.33. The summed E-state index contributed by atoms with van der Waals surface area (Å²) in [5, 5.41) is 9.81. The third kappa shape index (κ3) is 1.16. The van der Waals surface area contributed by atoms with E-state index in [0.29, 0.717) is 10.9 Å². The van der Waals surface area contributed by atoms with Gasteiger partial charge >= 0.3 is 0 Å². The van der Waals surface area contributed by atoms with E-state index in [0.717, 1.165) is 0 Å². The largest absolute Gasteiger partial charge is 0.494 e. The van der Waals surface area contributed by atoms with Crippen molar-refractivity contribution in [1.82, 2.24) is 4.98 Å². The predicted molar refractivity (Wildman–Crippen MR) is 49.9 cm³/mol. The van der Waals surface area contributed by atoms with Crippen molar-refractivity contribution in [3.63, 3.8) is 0 Å². The highest BCUT2D eigenvalue weighted by molar-refractivity contribution is 6.09. The number of hydrogen-bond acceptors (Lipinski definition) is 2. The zero-order valence-electron chi connectivity index (χ0n) is 7.47. The summed E-state index contributed by atoms with van der Waals surface area (Å²) in [4.78, 5) is 13.8. The smallest absolute Gasteiger partial charge is 0.200 e. The molecule has 1 heterocycles. The standard InChI is InChI=1S/C10H8FNO2/c1-5(13)9-7-4-6(11)2-3-8(7)12-10(9)14/h2-4,12,14H,1H3. The van der Waals surface area contributed by atoms with Gasteiger partial charge in [0.05, 0.1) is 5.56 Å². The lowest BCUT2D eigenvalue weighted by Gasteiger charge is -1.93. The molecule has 72 valence electrons. The quantitative estimate of drug-likeness (QED) is 0.682. The zero-order chi connectivity index (χ0) is 10.3. The van der Waals surface area contributed by atoms with Crippen molar-refractivity contribution >= 4 is 16.7 Å². The van der Waals surface area contributed by atoms with Crippen LogP contribution < -0.4 is 0 Å². The fraction of sp³-hybridized carbons (Fsp3) is 0.100. The number of aromatic hydroxyl groups is 1. The van der Waals surface area contributed by atoms with Crippen LogP contribution in [-0.2, 0) is 0 Å². The molecular formula is C10H8FNO2. The zero-order valence-corrected chi connectivity index (χ0v) is 7.47. The van der Waals surface area contributed by atoms with Gasteiger partial charge < -0.3 is 10.1 Å². The molecule has 0 aliphatic heterocycles. The van der Waals surface area contributed by atoms with Crippen LogP contribution in [0.15, 0.2) is 18.2 Å². The summed E-state index contributed by atoms with van der Waals surface area (Å²) in [6.07, 6.45) is 0. The first-order chi connectivity index (χ1) is 6.59. The van der Waals surface area contributed by atoms with Gasteiger partial charge in [0, 0.05) is 10.9 Å². The van der Waals surface area contributed by atoms with E-state index in [1.807, 2.05) is 0 Å². The van der Waals surface area contributed by atoms with Gasteiger partial charge in [-0.3, -0.25) is 4.79 Å². The molecule has 0 saturated heterocycles. The van der Waals surface area contributed by atoms with Crippen LogP contribution >= 0.6 is 0 Å². The van der Waals surface area contributed by atoms with Crippen LogP contribution in [0.5, 0.6) is 5.88 Å². The molecule has 0 saturated carbocycles. The van der Waals surface area contributed by atoms with Gasteiger partial charge in [-0.2, -0.15) is 0 Å². The summed E-state index contributed by atoms with van der Waals surface area (Å²) in [6, 6.07) is 3.97. The van der Waals surface area contributed by atoms with E-state index in [4.69, 9.17) is 0 Å². The highest BCUT2D eigenvalue weighted by Crippen LogP contribution is 2.27. The minimum absolute atomic E-state index is 0.138.